The van der Waals surface area contributed by atoms with Crippen LogP contribution in [0.1, 0.15) is 6.92 Å². The standard InChI is InChI=1S/C12H19NO8/c1-5(15)13-9-6(16)3-8(12(19)20-2)21-11(9)10(18)7(17)4-14/h3,6-7,9-11,14,16-18H,4H2,1-2H3,(H,13,15)/t6?,7-,9?,10-,11?/m1/s1. The van der Waals surface area contributed by atoms with Gasteiger partial charge in [0, 0.05) is 6.92 Å². The minimum atomic E-state index is -1.64. The molecule has 9 heteroatoms. The molecule has 0 radical (unpaired) electrons. The first-order valence-electron chi connectivity index (χ1n) is 6.20. The molecule has 1 amide bonds. The number of aliphatic hydroxyl groups is 4. The fourth-order valence-electron chi connectivity index (χ4n) is 1.94. The zero-order valence-electron chi connectivity index (χ0n) is 11.6. The predicted octanol–water partition coefficient (Wildman–Crippen LogP) is -2.98. The number of carbonyl (C=O) groups excluding carboxylic acids is 2. The lowest BCUT2D eigenvalue weighted by molar-refractivity contribution is -0.152. The highest BCUT2D eigenvalue weighted by Gasteiger charge is 2.43. The number of carbonyl (C=O) groups is 2. The van der Waals surface area contributed by atoms with Gasteiger partial charge in [0.2, 0.25) is 11.7 Å². The number of esters is 1. The number of hydrogen-bond acceptors (Lipinski definition) is 8. The van der Waals surface area contributed by atoms with E-state index in [9.17, 15) is 24.9 Å². The summed E-state index contributed by atoms with van der Waals surface area (Å²) in [7, 11) is 1.10. The van der Waals surface area contributed by atoms with E-state index >= 15 is 0 Å². The average Bonchev–Trinajstić information content (AvgIpc) is 2.46. The smallest absolute Gasteiger partial charge is 0.373 e. The molecule has 0 spiro atoms. The van der Waals surface area contributed by atoms with Gasteiger partial charge in [-0.25, -0.2) is 4.79 Å². The molecule has 1 heterocycles. The van der Waals surface area contributed by atoms with Gasteiger partial charge in [-0.15, -0.1) is 0 Å². The summed E-state index contributed by atoms with van der Waals surface area (Å²) in [4.78, 5) is 22.6. The van der Waals surface area contributed by atoms with E-state index in [4.69, 9.17) is 9.84 Å². The number of rotatable bonds is 5. The maximum absolute atomic E-state index is 11.4. The Morgan fingerprint density at radius 2 is 2.10 bits per heavy atom. The number of amides is 1. The largest absolute Gasteiger partial charge is 0.478 e. The highest BCUT2D eigenvalue weighted by atomic mass is 16.6. The van der Waals surface area contributed by atoms with Crippen molar-refractivity contribution in [1.82, 2.24) is 5.32 Å². The van der Waals surface area contributed by atoms with Crippen molar-refractivity contribution in [3.63, 3.8) is 0 Å². The molecule has 5 atom stereocenters. The van der Waals surface area contributed by atoms with Gasteiger partial charge >= 0.3 is 5.97 Å². The predicted molar refractivity (Wildman–Crippen MR) is 67.7 cm³/mol. The van der Waals surface area contributed by atoms with E-state index in [-0.39, 0.29) is 5.76 Å². The highest BCUT2D eigenvalue weighted by molar-refractivity contribution is 5.86. The van der Waals surface area contributed by atoms with Gasteiger partial charge in [-0.05, 0) is 6.08 Å². The molecule has 0 saturated carbocycles. The molecule has 3 unspecified atom stereocenters. The van der Waals surface area contributed by atoms with Crippen LogP contribution in [0.5, 0.6) is 0 Å². The molecular formula is C12H19NO8. The SMILES string of the molecule is COC(=O)C1=CC(O)C(NC(C)=O)C([C@H](O)[C@H](O)CO)O1. The summed E-state index contributed by atoms with van der Waals surface area (Å²) in [5.41, 5.74) is 0. The van der Waals surface area contributed by atoms with Crippen LogP contribution in [-0.4, -0.2) is 76.5 Å². The van der Waals surface area contributed by atoms with Crippen molar-refractivity contribution in [3.8, 4) is 0 Å². The summed E-state index contributed by atoms with van der Waals surface area (Å²) in [6.45, 7) is 0.430. The molecule has 120 valence electrons. The van der Waals surface area contributed by atoms with Crippen LogP contribution in [0.15, 0.2) is 11.8 Å². The minimum absolute atomic E-state index is 0.360. The molecule has 9 nitrogen and oxygen atoms in total. The average molecular weight is 305 g/mol. The minimum Gasteiger partial charge on any atom is -0.478 e. The van der Waals surface area contributed by atoms with Gasteiger partial charge in [-0.3, -0.25) is 4.79 Å². The highest BCUT2D eigenvalue weighted by Crippen LogP contribution is 2.23. The third-order valence-electron chi connectivity index (χ3n) is 2.98. The lowest BCUT2D eigenvalue weighted by Gasteiger charge is -2.38. The molecule has 1 aliphatic rings. The van der Waals surface area contributed by atoms with Crippen molar-refractivity contribution in [3.05, 3.63) is 11.8 Å². The van der Waals surface area contributed by atoms with Crippen molar-refractivity contribution < 1.29 is 39.5 Å². The van der Waals surface area contributed by atoms with Gasteiger partial charge in [-0.2, -0.15) is 0 Å². The second kappa shape index (κ2) is 7.36. The van der Waals surface area contributed by atoms with Crippen LogP contribution in [0.3, 0.4) is 0 Å². The molecule has 0 aromatic rings. The van der Waals surface area contributed by atoms with E-state index < -0.39 is 48.9 Å². The first-order valence-corrected chi connectivity index (χ1v) is 6.20. The van der Waals surface area contributed by atoms with Gasteiger partial charge in [0.15, 0.2) is 6.10 Å². The zero-order chi connectivity index (χ0) is 16.2. The normalized spacial score (nSPS) is 27.9. The summed E-state index contributed by atoms with van der Waals surface area (Å²) < 4.78 is 9.64. The lowest BCUT2D eigenvalue weighted by atomic mass is 9.94. The second-order valence-corrected chi connectivity index (χ2v) is 4.56. The van der Waals surface area contributed by atoms with E-state index in [0.29, 0.717) is 0 Å². The monoisotopic (exact) mass is 305 g/mol. The molecule has 0 aromatic heterocycles. The Hall–Kier alpha value is -1.68. The van der Waals surface area contributed by atoms with Crippen molar-refractivity contribution in [2.24, 2.45) is 0 Å². The Morgan fingerprint density at radius 1 is 1.48 bits per heavy atom. The van der Waals surface area contributed by atoms with Crippen LogP contribution in [0, 0.1) is 0 Å². The molecule has 0 fully saturated rings. The van der Waals surface area contributed by atoms with Crippen LogP contribution in [-0.2, 0) is 19.1 Å². The third kappa shape index (κ3) is 4.14. The van der Waals surface area contributed by atoms with Crippen LogP contribution >= 0.6 is 0 Å². The Morgan fingerprint density at radius 3 is 2.57 bits per heavy atom. The van der Waals surface area contributed by atoms with E-state index in [0.717, 1.165) is 13.2 Å². The van der Waals surface area contributed by atoms with E-state index in [1.807, 2.05) is 0 Å². The maximum atomic E-state index is 11.4. The van der Waals surface area contributed by atoms with E-state index in [1.54, 1.807) is 0 Å². The summed E-state index contributed by atoms with van der Waals surface area (Å²) in [5, 5.41) is 40.6. The van der Waals surface area contributed by atoms with Crippen molar-refractivity contribution in [1.29, 1.82) is 0 Å². The molecule has 0 aromatic carbocycles. The lowest BCUT2D eigenvalue weighted by Crippen LogP contribution is -2.59. The van der Waals surface area contributed by atoms with Gasteiger partial charge in [0.1, 0.15) is 18.3 Å². The number of hydrogen-bond donors (Lipinski definition) is 5. The maximum Gasteiger partial charge on any atom is 0.373 e. The fraction of sp³-hybridized carbons (Fsp3) is 0.667. The van der Waals surface area contributed by atoms with Crippen molar-refractivity contribution in [2.75, 3.05) is 13.7 Å². The molecule has 21 heavy (non-hydrogen) atoms. The number of methoxy groups -OCH3 is 1. The van der Waals surface area contributed by atoms with Crippen molar-refractivity contribution >= 4 is 11.9 Å². The number of aliphatic hydroxyl groups excluding tert-OH is 4. The summed E-state index contributed by atoms with van der Waals surface area (Å²) >= 11 is 0. The molecule has 1 aliphatic heterocycles. The zero-order valence-corrected chi connectivity index (χ0v) is 11.6. The Kier molecular flexibility index (Phi) is 6.09. The molecule has 0 saturated heterocycles. The van der Waals surface area contributed by atoms with Crippen LogP contribution in [0.25, 0.3) is 0 Å². The molecule has 1 rings (SSSR count). The molecular weight excluding hydrogens is 286 g/mol. The Balaban J connectivity index is 3.05. The molecule has 0 bridgehead atoms. The first kappa shape index (κ1) is 17.4. The third-order valence-corrected chi connectivity index (χ3v) is 2.98. The van der Waals surface area contributed by atoms with E-state index in [1.165, 1.54) is 6.92 Å². The fourth-order valence-corrected chi connectivity index (χ4v) is 1.94. The van der Waals surface area contributed by atoms with Gasteiger partial charge < -0.3 is 35.2 Å². The van der Waals surface area contributed by atoms with Crippen LogP contribution < -0.4 is 5.32 Å². The molecule has 0 aliphatic carbocycles. The quantitative estimate of drug-likeness (QED) is 0.338. The summed E-state index contributed by atoms with van der Waals surface area (Å²) in [5.74, 6) is -1.75. The van der Waals surface area contributed by atoms with Crippen molar-refractivity contribution in [2.45, 2.75) is 37.4 Å². The second-order valence-electron chi connectivity index (χ2n) is 4.56. The number of ether oxygens (including phenoxy) is 2. The topological polar surface area (TPSA) is 146 Å². The van der Waals surface area contributed by atoms with Gasteiger partial charge in [0.05, 0.1) is 19.8 Å². The Labute approximate surface area is 120 Å². The van der Waals surface area contributed by atoms with Gasteiger partial charge in [-0.1, -0.05) is 0 Å². The first-order chi connectivity index (χ1) is 9.81. The van der Waals surface area contributed by atoms with Crippen LogP contribution in [0.2, 0.25) is 0 Å². The van der Waals surface area contributed by atoms with Gasteiger partial charge in [0.25, 0.3) is 0 Å². The summed E-state index contributed by atoms with van der Waals surface area (Å²) in [6.07, 6.45) is -4.88. The van der Waals surface area contributed by atoms with Crippen LogP contribution in [0.4, 0.5) is 0 Å². The Bertz CT molecular complexity index is 423. The molecule has 5 N–H and O–H groups in total. The number of nitrogens with one attached hydrogen (secondary N) is 1. The summed E-state index contributed by atoms with van der Waals surface area (Å²) in [6, 6.07) is -1.10. The van der Waals surface area contributed by atoms with E-state index in [2.05, 4.69) is 10.1 Å².